The fourth-order valence-electron chi connectivity index (χ4n) is 4.12. The fraction of sp³-hybridized carbons (Fsp3) is 0.231. The Balaban J connectivity index is 1.37. The van der Waals surface area contributed by atoms with Crippen molar-refractivity contribution in [3.05, 3.63) is 94.5 Å². The molecule has 0 saturated carbocycles. The zero-order chi connectivity index (χ0) is 25.0. The lowest BCUT2D eigenvalue weighted by Gasteiger charge is -2.33. The highest BCUT2D eigenvalue weighted by Gasteiger charge is 2.31. The van der Waals surface area contributed by atoms with Crippen LogP contribution in [0.3, 0.4) is 0 Å². The van der Waals surface area contributed by atoms with Gasteiger partial charge >= 0.3 is 6.18 Å². The second-order valence-electron chi connectivity index (χ2n) is 8.40. The van der Waals surface area contributed by atoms with Crippen molar-refractivity contribution in [1.29, 1.82) is 0 Å². The SMILES string of the molecule is O=C(C[NH+]1CCN(c2cccc(C(F)(F)F)c2)CC1)Nc1ccc(Cl)cc1C(=O)c1ccccc1. The van der Waals surface area contributed by atoms with Gasteiger partial charge in [0, 0.05) is 21.8 Å². The third kappa shape index (κ3) is 6.21. The fourth-order valence-corrected chi connectivity index (χ4v) is 4.29. The molecular formula is C26H24ClF3N3O2+. The molecular weight excluding hydrogens is 479 g/mol. The van der Waals surface area contributed by atoms with Crippen LogP contribution < -0.4 is 15.1 Å². The minimum absolute atomic E-state index is 0.179. The van der Waals surface area contributed by atoms with E-state index < -0.39 is 11.7 Å². The van der Waals surface area contributed by atoms with Crippen molar-refractivity contribution in [1.82, 2.24) is 0 Å². The van der Waals surface area contributed by atoms with Gasteiger partial charge in [-0.2, -0.15) is 13.2 Å². The Labute approximate surface area is 206 Å². The number of ketones is 1. The van der Waals surface area contributed by atoms with E-state index in [1.165, 1.54) is 12.1 Å². The van der Waals surface area contributed by atoms with E-state index in [0.29, 0.717) is 53.7 Å². The first-order valence-corrected chi connectivity index (χ1v) is 11.5. The molecule has 3 aromatic rings. The van der Waals surface area contributed by atoms with Crippen LogP contribution in [0.1, 0.15) is 21.5 Å². The van der Waals surface area contributed by atoms with Gasteiger partial charge in [0.15, 0.2) is 12.3 Å². The maximum atomic E-state index is 13.0. The van der Waals surface area contributed by atoms with E-state index in [2.05, 4.69) is 5.32 Å². The van der Waals surface area contributed by atoms with Gasteiger partial charge in [-0.1, -0.05) is 48.0 Å². The van der Waals surface area contributed by atoms with Crippen molar-refractivity contribution >= 4 is 34.7 Å². The van der Waals surface area contributed by atoms with Crippen molar-refractivity contribution in [3.63, 3.8) is 0 Å². The Morgan fingerprint density at radius 1 is 0.943 bits per heavy atom. The number of carbonyl (C=O) groups is 2. The Kier molecular flexibility index (Phi) is 7.42. The largest absolute Gasteiger partial charge is 0.416 e. The summed E-state index contributed by atoms with van der Waals surface area (Å²) in [5.41, 5.74) is 1.03. The van der Waals surface area contributed by atoms with Gasteiger partial charge in [-0.05, 0) is 36.4 Å². The molecule has 35 heavy (non-hydrogen) atoms. The summed E-state index contributed by atoms with van der Waals surface area (Å²) >= 11 is 6.10. The third-order valence-electron chi connectivity index (χ3n) is 5.96. The van der Waals surface area contributed by atoms with Gasteiger partial charge in [0.25, 0.3) is 5.91 Å². The van der Waals surface area contributed by atoms with Gasteiger partial charge in [0.1, 0.15) is 0 Å². The predicted molar refractivity (Wildman–Crippen MR) is 129 cm³/mol. The first-order valence-electron chi connectivity index (χ1n) is 11.2. The monoisotopic (exact) mass is 502 g/mol. The number of alkyl halides is 3. The molecule has 1 aliphatic heterocycles. The summed E-state index contributed by atoms with van der Waals surface area (Å²) in [6, 6.07) is 18.8. The van der Waals surface area contributed by atoms with Crippen LogP contribution in [0.4, 0.5) is 24.5 Å². The zero-order valence-corrected chi connectivity index (χ0v) is 19.5. The second kappa shape index (κ2) is 10.5. The van der Waals surface area contributed by atoms with Gasteiger partial charge in [-0.25, -0.2) is 0 Å². The van der Waals surface area contributed by atoms with E-state index in [1.807, 2.05) is 11.0 Å². The number of quaternary nitrogens is 1. The molecule has 4 rings (SSSR count). The number of anilines is 2. The van der Waals surface area contributed by atoms with Crippen LogP contribution in [-0.2, 0) is 11.0 Å². The van der Waals surface area contributed by atoms with E-state index in [-0.39, 0.29) is 18.2 Å². The number of carbonyl (C=O) groups excluding carboxylic acids is 2. The average Bonchev–Trinajstić information content (AvgIpc) is 2.85. The summed E-state index contributed by atoms with van der Waals surface area (Å²) in [6.07, 6.45) is -4.39. The van der Waals surface area contributed by atoms with E-state index in [1.54, 1.807) is 42.5 Å². The summed E-state index contributed by atoms with van der Waals surface area (Å²) in [5.74, 6) is -0.498. The van der Waals surface area contributed by atoms with Gasteiger partial charge in [-0.15, -0.1) is 0 Å². The molecule has 1 saturated heterocycles. The Hall–Kier alpha value is -3.36. The van der Waals surface area contributed by atoms with Crippen LogP contribution >= 0.6 is 11.6 Å². The third-order valence-corrected chi connectivity index (χ3v) is 6.19. The first kappa shape index (κ1) is 24.8. The van der Waals surface area contributed by atoms with Gasteiger partial charge in [0.05, 0.1) is 37.4 Å². The van der Waals surface area contributed by atoms with Crippen LogP contribution in [-0.4, -0.2) is 44.4 Å². The molecule has 2 N–H and O–H groups in total. The molecule has 182 valence electrons. The van der Waals surface area contributed by atoms with E-state index in [0.717, 1.165) is 17.0 Å². The lowest BCUT2D eigenvalue weighted by molar-refractivity contribution is -0.892. The number of halogens is 4. The first-order chi connectivity index (χ1) is 16.7. The van der Waals surface area contributed by atoms with Crippen LogP contribution in [0.25, 0.3) is 0 Å². The quantitative estimate of drug-likeness (QED) is 0.502. The lowest BCUT2D eigenvalue weighted by atomic mass is 10.0. The number of rotatable bonds is 6. The Bertz CT molecular complexity index is 1210. The van der Waals surface area contributed by atoms with E-state index >= 15 is 0 Å². The molecule has 3 aromatic carbocycles. The number of benzene rings is 3. The normalized spacial score (nSPS) is 14.6. The number of hydrogen-bond donors (Lipinski definition) is 2. The topological polar surface area (TPSA) is 53.9 Å². The lowest BCUT2D eigenvalue weighted by Crippen LogP contribution is -3.15. The average molecular weight is 503 g/mol. The molecule has 0 aromatic heterocycles. The van der Waals surface area contributed by atoms with Crippen molar-refractivity contribution in [2.24, 2.45) is 0 Å². The highest BCUT2D eigenvalue weighted by Crippen LogP contribution is 2.31. The number of nitrogens with one attached hydrogen (secondary N) is 2. The van der Waals surface area contributed by atoms with Crippen molar-refractivity contribution in [2.75, 3.05) is 42.9 Å². The molecule has 1 heterocycles. The minimum Gasteiger partial charge on any atom is -0.360 e. The van der Waals surface area contributed by atoms with Crippen LogP contribution in [0.5, 0.6) is 0 Å². The van der Waals surface area contributed by atoms with E-state index in [4.69, 9.17) is 11.6 Å². The summed E-state index contributed by atoms with van der Waals surface area (Å²) in [4.78, 5) is 28.6. The van der Waals surface area contributed by atoms with Gasteiger partial charge in [-0.3, -0.25) is 9.59 Å². The van der Waals surface area contributed by atoms with E-state index in [9.17, 15) is 22.8 Å². The van der Waals surface area contributed by atoms with Crippen molar-refractivity contribution in [2.45, 2.75) is 6.18 Å². The summed E-state index contributed by atoms with van der Waals surface area (Å²) in [6.45, 7) is 2.43. The second-order valence-corrected chi connectivity index (χ2v) is 8.83. The maximum absolute atomic E-state index is 13.0. The standard InChI is InChI=1S/C26H23ClF3N3O2/c27-20-9-10-23(22(16-20)25(35)18-5-2-1-3-6-18)31-24(34)17-32-11-13-33(14-12-32)21-8-4-7-19(15-21)26(28,29)30/h1-10,15-16H,11-14,17H2,(H,31,34)/p+1. The number of nitrogens with zero attached hydrogens (tertiary/aromatic N) is 1. The van der Waals surface area contributed by atoms with Crippen molar-refractivity contribution in [3.8, 4) is 0 Å². The Morgan fingerprint density at radius 3 is 2.34 bits per heavy atom. The Morgan fingerprint density at radius 2 is 1.66 bits per heavy atom. The molecule has 0 aliphatic carbocycles. The zero-order valence-electron chi connectivity index (χ0n) is 18.7. The van der Waals surface area contributed by atoms with Crippen LogP contribution in [0.2, 0.25) is 5.02 Å². The number of amides is 1. The summed E-state index contributed by atoms with van der Waals surface area (Å²) in [7, 11) is 0. The molecule has 1 amide bonds. The van der Waals surface area contributed by atoms with Gasteiger partial charge in [0.2, 0.25) is 0 Å². The molecule has 5 nitrogen and oxygen atoms in total. The predicted octanol–water partition coefficient (Wildman–Crippen LogP) is 3.93. The highest BCUT2D eigenvalue weighted by atomic mass is 35.5. The van der Waals surface area contributed by atoms with Crippen LogP contribution in [0.15, 0.2) is 72.8 Å². The van der Waals surface area contributed by atoms with Crippen molar-refractivity contribution < 1.29 is 27.7 Å². The molecule has 0 atom stereocenters. The molecule has 9 heteroatoms. The van der Waals surface area contributed by atoms with Crippen LogP contribution in [0, 0.1) is 0 Å². The summed E-state index contributed by atoms with van der Waals surface area (Å²) in [5, 5.41) is 3.21. The smallest absolute Gasteiger partial charge is 0.360 e. The minimum atomic E-state index is -4.39. The number of hydrogen-bond acceptors (Lipinski definition) is 3. The molecule has 0 unspecified atom stereocenters. The summed E-state index contributed by atoms with van der Waals surface area (Å²) < 4.78 is 39.1. The molecule has 0 radical (unpaired) electrons. The highest BCUT2D eigenvalue weighted by molar-refractivity contribution is 6.31. The number of piperazine rings is 1. The molecule has 0 bridgehead atoms. The maximum Gasteiger partial charge on any atom is 0.416 e. The van der Waals surface area contributed by atoms with Gasteiger partial charge < -0.3 is 15.1 Å². The molecule has 1 aliphatic rings. The molecule has 0 spiro atoms. The molecule has 1 fully saturated rings.